The molecule has 0 bridgehead atoms. The summed E-state index contributed by atoms with van der Waals surface area (Å²) >= 11 is 0. The summed E-state index contributed by atoms with van der Waals surface area (Å²) in [6, 6.07) is 21.6. The lowest BCUT2D eigenvalue weighted by Crippen LogP contribution is -2.37. The van der Waals surface area contributed by atoms with Gasteiger partial charge >= 0.3 is 5.97 Å². The van der Waals surface area contributed by atoms with E-state index in [4.69, 9.17) is 4.74 Å². The molecule has 0 atom stereocenters. The summed E-state index contributed by atoms with van der Waals surface area (Å²) in [6.07, 6.45) is 3.52. The number of sulfonamides is 1. The minimum Gasteiger partial charge on any atom is -0.465 e. The van der Waals surface area contributed by atoms with Crippen LogP contribution in [0.25, 0.3) is 11.3 Å². The molecule has 0 aromatic heterocycles. The van der Waals surface area contributed by atoms with Gasteiger partial charge in [-0.3, -0.25) is 9.10 Å². The molecule has 1 saturated heterocycles. The summed E-state index contributed by atoms with van der Waals surface area (Å²) < 4.78 is 31.5. The first-order valence-corrected chi connectivity index (χ1v) is 15.0. The number of rotatable bonds is 9. The van der Waals surface area contributed by atoms with E-state index in [0.29, 0.717) is 52.5 Å². The number of carbonyl (C=O) groups excluding carboxylic acids is 2. The predicted octanol–water partition coefficient (Wildman–Crippen LogP) is 4.27. The summed E-state index contributed by atoms with van der Waals surface area (Å²) in [5.74, 6) is -0.787. The van der Waals surface area contributed by atoms with E-state index in [1.165, 1.54) is 17.7 Å². The monoisotopic (exact) mass is 560 g/mol. The molecule has 1 fully saturated rings. The van der Waals surface area contributed by atoms with Crippen LogP contribution < -0.4 is 14.9 Å². The van der Waals surface area contributed by atoms with Gasteiger partial charge in [0.15, 0.2) is 0 Å². The molecule has 0 unspecified atom stereocenters. The Morgan fingerprint density at radius 2 is 1.70 bits per heavy atom. The number of nitrogens with zero attached hydrogens (tertiary/aromatic N) is 2. The number of methoxy groups -OCH3 is 1. The summed E-state index contributed by atoms with van der Waals surface area (Å²) in [7, 11) is -2.15. The zero-order chi connectivity index (χ0) is 28.3. The molecule has 208 valence electrons. The second-order valence-corrected chi connectivity index (χ2v) is 11.8. The molecular formula is C30H32N4O5S. The highest BCUT2D eigenvalue weighted by Crippen LogP contribution is 2.38. The largest absolute Gasteiger partial charge is 0.465 e. The van der Waals surface area contributed by atoms with Gasteiger partial charge < -0.3 is 20.3 Å². The Bertz CT molecular complexity index is 1550. The third-order valence-electron chi connectivity index (χ3n) is 7.14. The second-order valence-electron chi connectivity index (χ2n) is 9.88. The van der Waals surface area contributed by atoms with Crippen LogP contribution >= 0.6 is 0 Å². The Morgan fingerprint density at radius 3 is 2.35 bits per heavy atom. The first-order chi connectivity index (χ1) is 19.2. The first-order valence-electron chi connectivity index (χ1n) is 13.2. The topological polar surface area (TPSA) is 108 Å². The van der Waals surface area contributed by atoms with Crippen molar-refractivity contribution >= 4 is 50.2 Å². The quantitative estimate of drug-likeness (QED) is 0.297. The van der Waals surface area contributed by atoms with Crippen LogP contribution in [-0.4, -0.2) is 64.7 Å². The summed E-state index contributed by atoms with van der Waals surface area (Å²) in [4.78, 5) is 27.5. The van der Waals surface area contributed by atoms with E-state index >= 15 is 0 Å². The van der Waals surface area contributed by atoms with Gasteiger partial charge in [0, 0.05) is 24.3 Å². The SMILES string of the molecule is COC(=O)c1ccc2c(c1)NC(=O)C2=C(Nc1ccc(N(CCN2CCCC2)S(C)(=O)=O)cc1)c1ccccc1. The van der Waals surface area contributed by atoms with Crippen LogP contribution in [0.15, 0.2) is 72.8 Å². The van der Waals surface area contributed by atoms with Crippen molar-refractivity contribution in [3.63, 3.8) is 0 Å². The summed E-state index contributed by atoms with van der Waals surface area (Å²) in [5, 5.41) is 6.25. The molecule has 9 nitrogen and oxygen atoms in total. The van der Waals surface area contributed by atoms with Gasteiger partial charge in [-0.15, -0.1) is 0 Å². The second kappa shape index (κ2) is 11.5. The normalized spacial score (nSPS) is 16.3. The van der Waals surface area contributed by atoms with Crippen molar-refractivity contribution in [2.24, 2.45) is 0 Å². The number of anilines is 3. The van der Waals surface area contributed by atoms with E-state index in [2.05, 4.69) is 15.5 Å². The molecule has 10 heteroatoms. The lowest BCUT2D eigenvalue weighted by Gasteiger charge is -2.25. The molecular weight excluding hydrogens is 528 g/mol. The van der Waals surface area contributed by atoms with E-state index in [1.54, 1.807) is 42.5 Å². The van der Waals surface area contributed by atoms with Gasteiger partial charge in [-0.2, -0.15) is 0 Å². The highest BCUT2D eigenvalue weighted by atomic mass is 32.2. The zero-order valence-corrected chi connectivity index (χ0v) is 23.3. The lowest BCUT2D eigenvalue weighted by molar-refractivity contribution is -0.110. The van der Waals surface area contributed by atoms with Gasteiger partial charge in [-0.1, -0.05) is 36.4 Å². The van der Waals surface area contributed by atoms with E-state index in [1.807, 2.05) is 30.3 Å². The van der Waals surface area contributed by atoms with Crippen molar-refractivity contribution in [2.45, 2.75) is 12.8 Å². The Morgan fingerprint density at radius 1 is 1.00 bits per heavy atom. The molecule has 2 N–H and O–H groups in total. The smallest absolute Gasteiger partial charge is 0.337 e. The third kappa shape index (κ3) is 5.88. The molecule has 3 aromatic carbocycles. The average molecular weight is 561 g/mol. The highest BCUT2D eigenvalue weighted by Gasteiger charge is 2.29. The van der Waals surface area contributed by atoms with E-state index < -0.39 is 16.0 Å². The molecule has 40 heavy (non-hydrogen) atoms. The minimum atomic E-state index is -3.46. The van der Waals surface area contributed by atoms with Crippen molar-refractivity contribution in [3.8, 4) is 0 Å². The molecule has 2 aliphatic heterocycles. The molecule has 0 saturated carbocycles. The number of hydrogen-bond donors (Lipinski definition) is 2. The van der Waals surface area contributed by atoms with Gasteiger partial charge in [-0.25, -0.2) is 13.2 Å². The molecule has 3 aromatic rings. The van der Waals surface area contributed by atoms with Crippen LogP contribution in [0.1, 0.15) is 34.3 Å². The molecule has 1 amide bonds. The Hall–Kier alpha value is -4.15. The van der Waals surface area contributed by atoms with Crippen LogP contribution in [0.3, 0.4) is 0 Å². The standard InChI is InChI=1S/C30H32N4O5S/c1-39-30(36)22-10-15-25-26(20-22)32-29(35)27(25)28(21-8-4-3-5-9-21)31-23-11-13-24(14-12-23)34(40(2,37)38)19-18-33-16-6-7-17-33/h3-5,8-15,20,31H,6-7,16-19H2,1-2H3,(H,32,35). The molecule has 0 radical (unpaired) electrons. The van der Waals surface area contributed by atoms with Gasteiger partial charge in [-0.05, 0) is 67.9 Å². The van der Waals surface area contributed by atoms with Crippen LogP contribution in [0, 0.1) is 0 Å². The fraction of sp³-hybridized carbons (Fsp3) is 0.267. The van der Waals surface area contributed by atoms with E-state index in [-0.39, 0.29) is 5.91 Å². The number of amides is 1. The van der Waals surface area contributed by atoms with E-state index in [0.717, 1.165) is 31.5 Å². The number of fused-ring (bicyclic) bond motifs is 1. The van der Waals surface area contributed by atoms with Crippen LogP contribution in [0.2, 0.25) is 0 Å². The Balaban J connectivity index is 1.47. The maximum atomic E-state index is 13.2. The lowest BCUT2D eigenvalue weighted by atomic mass is 9.99. The third-order valence-corrected chi connectivity index (χ3v) is 8.33. The first kappa shape index (κ1) is 27.4. The Kier molecular flexibility index (Phi) is 7.90. The molecule has 2 aliphatic rings. The average Bonchev–Trinajstić information content (AvgIpc) is 3.58. The van der Waals surface area contributed by atoms with Crippen molar-refractivity contribution in [1.29, 1.82) is 0 Å². The van der Waals surface area contributed by atoms with Crippen LogP contribution in [-0.2, 0) is 19.6 Å². The number of nitrogens with one attached hydrogen (secondary N) is 2. The molecule has 0 spiro atoms. The Labute approximate surface area is 234 Å². The van der Waals surface area contributed by atoms with Crippen molar-refractivity contribution in [1.82, 2.24) is 4.90 Å². The summed E-state index contributed by atoms with van der Waals surface area (Å²) in [6.45, 7) is 3.06. The fourth-order valence-electron chi connectivity index (χ4n) is 5.13. The maximum Gasteiger partial charge on any atom is 0.337 e. The summed E-state index contributed by atoms with van der Waals surface area (Å²) in [5.41, 5.74) is 4.62. The van der Waals surface area contributed by atoms with Gasteiger partial charge in [0.1, 0.15) is 0 Å². The minimum absolute atomic E-state index is 0.301. The fourth-order valence-corrected chi connectivity index (χ4v) is 6.05. The van der Waals surface area contributed by atoms with E-state index in [9.17, 15) is 18.0 Å². The van der Waals surface area contributed by atoms with Crippen LogP contribution in [0.5, 0.6) is 0 Å². The molecule has 2 heterocycles. The van der Waals surface area contributed by atoms with Crippen LogP contribution in [0.4, 0.5) is 17.1 Å². The maximum absolute atomic E-state index is 13.2. The number of benzene rings is 3. The highest BCUT2D eigenvalue weighted by molar-refractivity contribution is 7.92. The van der Waals surface area contributed by atoms with Crippen molar-refractivity contribution < 1.29 is 22.7 Å². The zero-order valence-electron chi connectivity index (χ0n) is 22.5. The number of ether oxygens (including phenoxy) is 1. The number of hydrogen-bond acceptors (Lipinski definition) is 7. The number of carbonyl (C=O) groups is 2. The molecule has 5 rings (SSSR count). The van der Waals surface area contributed by atoms with Gasteiger partial charge in [0.25, 0.3) is 5.91 Å². The number of likely N-dealkylation sites (tertiary alicyclic amines) is 1. The van der Waals surface area contributed by atoms with Crippen molar-refractivity contribution in [2.75, 3.05) is 54.5 Å². The van der Waals surface area contributed by atoms with Crippen molar-refractivity contribution in [3.05, 3.63) is 89.5 Å². The predicted molar refractivity (Wildman–Crippen MR) is 158 cm³/mol. The van der Waals surface area contributed by atoms with Gasteiger partial charge in [0.2, 0.25) is 10.0 Å². The molecule has 0 aliphatic carbocycles. The van der Waals surface area contributed by atoms with Gasteiger partial charge in [0.05, 0.1) is 41.6 Å². The number of esters is 1.